The van der Waals surface area contributed by atoms with Crippen molar-refractivity contribution >= 4 is 48.9 Å². The van der Waals surface area contributed by atoms with Gasteiger partial charge in [-0.3, -0.25) is 9.10 Å². The van der Waals surface area contributed by atoms with Crippen molar-refractivity contribution in [3.63, 3.8) is 0 Å². The Morgan fingerprint density at radius 1 is 0.875 bits per heavy atom. The van der Waals surface area contributed by atoms with Crippen molar-refractivity contribution in [2.75, 3.05) is 23.3 Å². The van der Waals surface area contributed by atoms with Crippen molar-refractivity contribution in [3.8, 4) is 16.3 Å². The van der Waals surface area contributed by atoms with Crippen LogP contribution < -0.4 is 14.4 Å². The summed E-state index contributed by atoms with van der Waals surface area (Å²) in [5, 5.41) is 3.73. The number of amides is 1. The molecule has 0 aliphatic carbocycles. The number of anilines is 2. The summed E-state index contributed by atoms with van der Waals surface area (Å²) in [6, 6.07) is 25.3. The molecular formula is C31H29N3O4S2. The molecule has 40 heavy (non-hydrogen) atoms. The van der Waals surface area contributed by atoms with E-state index in [9.17, 15) is 13.2 Å². The van der Waals surface area contributed by atoms with Gasteiger partial charge in [0.15, 0.2) is 0 Å². The van der Waals surface area contributed by atoms with Crippen LogP contribution in [0.25, 0.3) is 20.8 Å². The molecule has 0 bridgehead atoms. The maximum absolute atomic E-state index is 13.8. The first-order valence-electron chi connectivity index (χ1n) is 12.7. The monoisotopic (exact) mass is 571 g/mol. The highest BCUT2D eigenvalue weighted by Crippen LogP contribution is 2.34. The van der Waals surface area contributed by atoms with Gasteiger partial charge in [0.2, 0.25) is 5.91 Å². The minimum atomic E-state index is -4.08. The summed E-state index contributed by atoms with van der Waals surface area (Å²) in [7, 11) is -2.61. The highest BCUT2D eigenvalue weighted by atomic mass is 32.2. The van der Waals surface area contributed by atoms with Crippen molar-refractivity contribution < 1.29 is 17.9 Å². The quantitative estimate of drug-likeness (QED) is 0.223. The van der Waals surface area contributed by atoms with Crippen LogP contribution in [0.4, 0.5) is 11.4 Å². The average molecular weight is 572 g/mol. The number of nitrogens with one attached hydrogen (secondary N) is 1. The fraction of sp³-hybridized carbons (Fsp3) is 0.161. The van der Waals surface area contributed by atoms with Gasteiger partial charge in [0.25, 0.3) is 10.0 Å². The van der Waals surface area contributed by atoms with E-state index < -0.39 is 22.5 Å². The summed E-state index contributed by atoms with van der Waals surface area (Å²) in [5.74, 6) is -0.132. The number of sulfonamides is 1. The van der Waals surface area contributed by atoms with Crippen LogP contribution >= 0.6 is 11.3 Å². The Bertz CT molecular complexity index is 1800. The smallest absolute Gasteiger partial charge is 0.264 e. The molecule has 0 saturated heterocycles. The molecule has 5 rings (SSSR count). The molecule has 204 valence electrons. The number of aryl methyl sites for hydroxylation is 3. The summed E-state index contributed by atoms with van der Waals surface area (Å²) in [5.41, 5.74) is 5.67. The molecule has 1 N–H and O–H groups in total. The summed E-state index contributed by atoms with van der Waals surface area (Å²) in [6.45, 7) is 5.36. The molecule has 0 aliphatic rings. The number of aromatic nitrogens is 1. The van der Waals surface area contributed by atoms with Crippen LogP contribution in [0.5, 0.6) is 5.75 Å². The second-order valence-corrected chi connectivity index (χ2v) is 12.5. The predicted molar refractivity (Wildman–Crippen MR) is 162 cm³/mol. The van der Waals surface area contributed by atoms with Crippen molar-refractivity contribution in [3.05, 3.63) is 102 Å². The Hall–Kier alpha value is -4.21. The molecule has 0 spiro atoms. The Morgan fingerprint density at radius 2 is 1.52 bits per heavy atom. The molecule has 0 saturated carbocycles. The Labute approximate surface area is 238 Å². The van der Waals surface area contributed by atoms with Crippen molar-refractivity contribution in [1.29, 1.82) is 0 Å². The van der Waals surface area contributed by atoms with E-state index in [1.54, 1.807) is 59.9 Å². The van der Waals surface area contributed by atoms with Crippen molar-refractivity contribution in [2.45, 2.75) is 25.7 Å². The maximum atomic E-state index is 13.8. The molecule has 0 radical (unpaired) electrons. The molecule has 0 unspecified atom stereocenters. The molecule has 4 aromatic carbocycles. The van der Waals surface area contributed by atoms with Crippen LogP contribution in [-0.4, -0.2) is 33.0 Å². The number of benzene rings is 4. The second-order valence-electron chi connectivity index (χ2n) is 9.62. The van der Waals surface area contributed by atoms with E-state index in [4.69, 9.17) is 9.72 Å². The van der Waals surface area contributed by atoms with Crippen LogP contribution in [0.1, 0.15) is 16.7 Å². The summed E-state index contributed by atoms with van der Waals surface area (Å²) in [6.07, 6.45) is 0. The van der Waals surface area contributed by atoms with E-state index in [2.05, 4.69) is 18.3 Å². The molecule has 9 heteroatoms. The molecule has 0 fully saturated rings. The minimum Gasteiger partial charge on any atom is -0.495 e. The summed E-state index contributed by atoms with van der Waals surface area (Å²) >= 11 is 1.61. The predicted octanol–water partition coefficient (Wildman–Crippen LogP) is 6.73. The lowest BCUT2D eigenvalue weighted by Crippen LogP contribution is -2.38. The van der Waals surface area contributed by atoms with Crippen LogP contribution in [0.3, 0.4) is 0 Å². The minimum absolute atomic E-state index is 0.0878. The largest absolute Gasteiger partial charge is 0.495 e. The Kier molecular flexibility index (Phi) is 7.60. The number of hydrogen-bond acceptors (Lipinski definition) is 6. The number of thiazole rings is 1. The summed E-state index contributed by atoms with van der Waals surface area (Å²) < 4.78 is 35.3. The molecular weight excluding hydrogens is 542 g/mol. The SMILES string of the molecule is COc1ccc(C)cc1N(CC(=O)Nc1ccc(-c2nc3ccc(C)cc3s2)cc1)S(=O)(=O)c1ccc(C)cc1. The highest BCUT2D eigenvalue weighted by Gasteiger charge is 2.29. The number of rotatable bonds is 8. The first kappa shape index (κ1) is 27.4. The number of carbonyl (C=O) groups excluding carboxylic acids is 1. The van der Waals surface area contributed by atoms with E-state index in [1.807, 2.05) is 44.2 Å². The number of hydrogen-bond donors (Lipinski definition) is 1. The normalized spacial score (nSPS) is 11.4. The molecule has 1 amide bonds. The number of carbonyl (C=O) groups is 1. The molecule has 7 nitrogen and oxygen atoms in total. The molecule has 1 heterocycles. The first-order valence-corrected chi connectivity index (χ1v) is 14.9. The van der Waals surface area contributed by atoms with Crippen LogP contribution in [0.2, 0.25) is 0 Å². The van der Waals surface area contributed by atoms with Gasteiger partial charge in [0.1, 0.15) is 17.3 Å². The third-order valence-corrected chi connectivity index (χ3v) is 9.30. The van der Waals surface area contributed by atoms with Crippen molar-refractivity contribution in [1.82, 2.24) is 4.98 Å². The van der Waals surface area contributed by atoms with E-state index in [0.717, 1.165) is 36.2 Å². The van der Waals surface area contributed by atoms with E-state index >= 15 is 0 Å². The van der Waals surface area contributed by atoms with Crippen molar-refractivity contribution in [2.24, 2.45) is 0 Å². The number of methoxy groups -OCH3 is 1. The van der Waals surface area contributed by atoms with Gasteiger partial charge in [-0.25, -0.2) is 13.4 Å². The van der Waals surface area contributed by atoms with Gasteiger partial charge >= 0.3 is 0 Å². The molecule has 0 aliphatic heterocycles. The first-order chi connectivity index (χ1) is 19.1. The second kappa shape index (κ2) is 11.1. The van der Waals surface area contributed by atoms with Gasteiger partial charge in [-0.15, -0.1) is 11.3 Å². The van der Waals surface area contributed by atoms with Gasteiger partial charge in [0, 0.05) is 11.3 Å². The zero-order valence-electron chi connectivity index (χ0n) is 22.6. The third-order valence-electron chi connectivity index (χ3n) is 6.46. The lowest BCUT2D eigenvalue weighted by molar-refractivity contribution is -0.114. The average Bonchev–Trinajstić information content (AvgIpc) is 3.35. The lowest BCUT2D eigenvalue weighted by atomic mass is 10.2. The summed E-state index contributed by atoms with van der Waals surface area (Å²) in [4.78, 5) is 18.1. The van der Waals surface area contributed by atoms with Crippen LogP contribution in [0.15, 0.2) is 89.8 Å². The number of nitrogens with zero attached hydrogens (tertiary/aromatic N) is 2. The molecule has 1 aromatic heterocycles. The van der Waals surface area contributed by atoms with Gasteiger partial charge < -0.3 is 10.1 Å². The molecule has 5 aromatic rings. The standard InChI is InChI=1S/C31H29N3O4S2/c1-20-5-13-25(14-6-20)40(36,37)34(27-17-21(2)8-16-28(27)38-4)19-30(35)32-24-11-9-23(10-12-24)31-33-26-15-7-22(3)18-29(26)39-31/h5-18H,19H2,1-4H3,(H,32,35). The zero-order chi connectivity index (χ0) is 28.4. The number of fused-ring (bicyclic) bond motifs is 1. The van der Waals surface area contributed by atoms with Gasteiger partial charge in [-0.2, -0.15) is 0 Å². The van der Waals surface area contributed by atoms with Gasteiger partial charge in [0.05, 0.1) is 27.9 Å². The maximum Gasteiger partial charge on any atom is 0.264 e. The highest BCUT2D eigenvalue weighted by molar-refractivity contribution is 7.92. The molecule has 0 atom stereocenters. The Balaban J connectivity index is 1.41. The fourth-order valence-corrected chi connectivity index (χ4v) is 6.81. The number of ether oxygens (including phenoxy) is 1. The van der Waals surface area contributed by atoms with E-state index in [0.29, 0.717) is 17.1 Å². The Morgan fingerprint density at radius 3 is 2.23 bits per heavy atom. The van der Waals surface area contributed by atoms with E-state index in [1.165, 1.54) is 12.7 Å². The van der Waals surface area contributed by atoms with Crippen LogP contribution in [-0.2, 0) is 14.8 Å². The van der Waals surface area contributed by atoms with Crippen LogP contribution in [0, 0.1) is 20.8 Å². The zero-order valence-corrected chi connectivity index (χ0v) is 24.3. The fourth-order valence-electron chi connectivity index (χ4n) is 4.31. The third kappa shape index (κ3) is 5.71. The van der Waals surface area contributed by atoms with E-state index in [-0.39, 0.29) is 4.90 Å². The van der Waals surface area contributed by atoms with Gasteiger partial charge in [-0.1, -0.05) is 29.8 Å². The van der Waals surface area contributed by atoms with Gasteiger partial charge in [-0.05, 0) is 92.6 Å². The topological polar surface area (TPSA) is 88.6 Å². The lowest BCUT2D eigenvalue weighted by Gasteiger charge is -2.26.